The smallest absolute Gasteiger partial charge is 0.124 e. The highest BCUT2D eigenvalue weighted by Gasteiger charge is 2.11. The van der Waals surface area contributed by atoms with E-state index in [1.54, 1.807) is 23.9 Å². The average molecular weight is 328 g/mol. The Balaban J connectivity index is 1.97. The van der Waals surface area contributed by atoms with Gasteiger partial charge >= 0.3 is 0 Å². The molecule has 0 saturated heterocycles. The maximum absolute atomic E-state index is 13.1. The highest BCUT2D eigenvalue weighted by molar-refractivity contribution is 7.99. The van der Waals surface area contributed by atoms with E-state index in [9.17, 15) is 8.78 Å². The van der Waals surface area contributed by atoms with Crippen LogP contribution in [0.1, 0.15) is 5.56 Å². The largest absolute Gasteiger partial charge is 0.316 e. The summed E-state index contributed by atoms with van der Waals surface area (Å²) in [5.74, 6) is 0.203. The van der Waals surface area contributed by atoms with Crippen LogP contribution in [0.25, 0.3) is 0 Å². The molecule has 2 aromatic carbocycles. The molecule has 1 nitrogen and oxygen atoms in total. The van der Waals surface area contributed by atoms with E-state index in [1.165, 1.54) is 24.3 Å². The highest BCUT2D eigenvalue weighted by atomic mass is 35.5. The SMILES string of the molecule is CNC(CSc1cccc(F)c1)Cc1ccc(F)cc1Cl. The summed E-state index contributed by atoms with van der Waals surface area (Å²) in [5, 5.41) is 3.65. The molecular weight excluding hydrogens is 312 g/mol. The van der Waals surface area contributed by atoms with Gasteiger partial charge < -0.3 is 5.32 Å². The third-order valence-corrected chi connectivity index (χ3v) is 4.65. The van der Waals surface area contributed by atoms with Gasteiger partial charge in [-0.2, -0.15) is 0 Å². The highest BCUT2D eigenvalue weighted by Crippen LogP contribution is 2.23. The Morgan fingerprint density at radius 1 is 1.14 bits per heavy atom. The molecule has 1 atom stereocenters. The number of thioether (sulfide) groups is 1. The van der Waals surface area contributed by atoms with Gasteiger partial charge in [-0.15, -0.1) is 11.8 Å². The molecule has 5 heteroatoms. The van der Waals surface area contributed by atoms with Crippen molar-refractivity contribution in [2.45, 2.75) is 17.4 Å². The fourth-order valence-corrected chi connectivity index (χ4v) is 3.24. The van der Waals surface area contributed by atoms with Gasteiger partial charge in [-0.1, -0.05) is 23.7 Å². The van der Waals surface area contributed by atoms with E-state index in [2.05, 4.69) is 5.32 Å². The van der Waals surface area contributed by atoms with Crippen LogP contribution >= 0.6 is 23.4 Å². The Hall–Kier alpha value is -1.10. The second-order valence-electron chi connectivity index (χ2n) is 4.69. The summed E-state index contributed by atoms with van der Waals surface area (Å²) in [6, 6.07) is 11.1. The first-order chi connectivity index (χ1) is 10.1. The molecule has 112 valence electrons. The summed E-state index contributed by atoms with van der Waals surface area (Å²) in [4.78, 5) is 0.889. The number of likely N-dealkylation sites (N-methyl/N-ethyl adjacent to an activating group) is 1. The molecule has 0 aliphatic carbocycles. The van der Waals surface area contributed by atoms with Gasteiger partial charge in [0.05, 0.1) is 0 Å². The van der Waals surface area contributed by atoms with Gasteiger partial charge in [0.1, 0.15) is 11.6 Å². The number of hydrogen-bond acceptors (Lipinski definition) is 2. The molecule has 0 fully saturated rings. The first-order valence-electron chi connectivity index (χ1n) is 6.58. The molecule has 0 aromatic heterocycles. The van der Waals surface area contributed by atoms with Crippen LogP contribution in [0, 0.1) is 11.6 Å². The molecule has 2 aromatic rings. The number of benzene rings is 2. The average Bonchev–Trinajstić information content (AvgIpc) is 2.45. The van der Waals surface area contributed by atoms with Crippen LogP contribution in [0.4, 0.5) is 8.78 Å². The molecule has 0 amide bonds. The molecule has 21 heavy (non-hydrogen) atoms. The van der Waals surface area contributed by atoms with Crippen LogP contribution < -0.4 is 5.32 Å². The first kappa shape index (κ1) is 16.3. The molecule has 0 radical (unpaired) electrons. The molecular formula is C16H16ClF2NS. The van der Waals surface area contributed by atoms with Gasteiger partial charge in [-0.25, -0.2) is 8.78 Å². The number of nitrogens with one attached hydrogen (secondary N) is 1. The molecule has 1 unspecified atom stereocenters. The van der Waals surface area contributed by atoms with E-state index in [4.69, 9.17) is 11.6 Å². The van der Waals surface area contributed by atoms with Crippen LogP contribution in [-0.2, 0) is 6.42 Å². The Morgan fingerprint density at radius 3 is 2.57 bits per heavy atom. The van der Waals surface area contributed by atoms with Crippen molar-refractivity contribution in [3.8, 4) is 0 Å². The molecule has 1 N–H and O–H groups in total. The summed E-state index contributed by atoms with van der Waals surface area (Å²) >= 11 is 7.62. The summed E-state index contributed by atoms with van der Waals surface area (Å²) < 4.78 is 26.2. The zero-order valence-electron chi connectivity index (χ0n) is 11.6. The predicted molar refractivity (Wildman–Crippen MR) is 85.1 cm³/mol. The van der Waals surface area contributed by atoms with Gasteiger partial charge in [0.15, 0.2) is 0 Å². The summed E-state index contributed by atoms with van der Waals surface area (Å²) in [6.45, 7) is 0. The molecule has 0 spiro atoms. The lowest BCUT2D eigenvalue weighted by molar-refractivity contribution is 0.609. The minimum Gasteiger partial charge on any atom is -0.316 e. The van der Waals surface area contributed by atoms with E-state index >= 15 is 0 Å². The Labute approximate surface area is 132 Å². The quantitative estimate of drug-likeness (QED) is 0.782. The van der Waals surface area contributed by atoms with Crippen LogP contribution in [0.2, 0.25) is 5.02 Å². The predicted octanol–water partition coefficient (Wildman–Crippen LogP) is 4.54. The first-order valence-corrected chi connectivity index (χ1v) is 7.94. The summed E-state index contributed by atoms with van der Waals surface area (Å²) in [5.41, 5.74) is 0.900. The third-order valence-electron chi connectivity index (χ3n) is 3.14. The van der Waals surface area contributed by atoms with Crippen molar-refractivity contribution in [3.63, 3.8) is 0 Å². The van der Waals surface area contributed by atoms with Crippen molar-refractivity contribution >= 4 is 23.4 Å². The van der Waals surface area contributed by atoms with Crippen LogP contribution in [0.3, 0.4) is 0 Å². The zero-order chi connectivity index (χ0) is 15.2. The molecule has 0 aliphatic rings. The van der Waals surface area contributed by atoms with E-state index in [0.29, 0.717) is 11.4 Å². The Bertz CT molecular complexity index is 607. The Morgan fingerprint density at radius 2 is 1.90 bits per heavy atom. The fourth-order valence-electron chi connectivity index (χ4n) is 1.95. The van der Waals surface area contributed by atoms with Crippen LogP contribution in [0.15, 0.2) is 47.4 Å². The van der Waals surface area contributed by atoms with Crippen molar-refractivity contribution in [1.82, 2.24) is 5.32 Å². The maximum Gasteiger partial charge on any atom is 0.124 e. The van der Waals surface area contributed by atoms with Gasteiger partial charge in [-0.3, -0.25) is 0 Å². The van der Waals surface area contributed by atoms with Gasteiger partial charge in [-0.05, 0) is 49.4 Å². The van der Waals surface area contributed by atoms with Crippen molar-refractivity contribution in [2.75, 3.05) is 12.8 Å². The van der Waals surface area contributed by atoms with Crippen molar-refractivity contribution in [2.24, 2.45) is 0 Å². The van der Waals surface area contributed by atoms with Crippen LogP contribution in [-0.4, -0.2) is 18.8 Å². The van der Waals surface area contributed by atoms with E-state index < -0.39 is 0 Å². The van der Waals surface area contributed by atoms with Crippen LogP contribution in [0.5, 0.6) is 0 Å². The fraction of sp³-hybridized carbons (Fsp3) is 0.250. The van der Waals surface area contributed by atoms with Crippen molar-refractivity contribution in [3.05, 3.63) is 64.7 Å². The second kappa shape index (κ2) is 7.78. The van der Waals surface area contributed by atoms with E-state index in [0.717, 1.165) is 16.2 Å². The van der Waals surface area contributed by atoms with E-state index in [1.807, 2.05) is 13.1 Å². The summed E-state index contributed by atoms with van der Waals surface area (Å²) in [7, 11) is 1.87. The number of halogens is 3. The topological polar surface area (TPSA) is 12.0 Å². The molecule has 0 bridgehead atoms. The molecule has 0 heterocycles. The lowest BCUT2D eigenvalue weighted by atomic mass is 10.1. The molecule has 2 rings (SSSR count). The van der Waals surface area contributed by atoms with E-state index in [-0.39, 0.29) is 17.7 Å². The molecule has 0 saturated carbocycles. The van der Waals surface area contributed by atoms with Crippen molar-refractivity contribution in [1.29, 1.82) is 0 Å². The maximum atomic E-state index is 13.1. The third kappa shape index (κ3) is 4.99. The minimum atomic E-state index is -0.334. The number of hydrogen-bond donors (Lipinski definition) is 1. The standard InChI is InChI=1S/C16H16ClF2NS/c1-20-14(7-11-5-6-13(19)9-16(11)17)10-21-15-4-2-3-12(18)8-15/h2-6,8-9,14,20H,7,10H2,1H3. The number of rotatable bonds is 6. The van der Waals surface area contributed by atoms with Gasteiger partial charge in [0.25, 0.3) is 0 Å². The lowest BCUT2D eigenvalue weighted by Crippen LogP contribution is -2.30. The normalized spacial score (nSPS) is 12.4. The second-order valence-corrected chi connectivity index (χ2v) is 6.19. The minimum absolute atomic E-state index is 0.168. The monoisotopic (exact) mass is 327 g/mol. The molecule has 0 aliphatic heterocycles. The Kier molecular flexibility index (Phi) is 6.03. The van der Waals surface area contributed by atoms with Gasteiger partial charge in [0, 0.05) is 21.7 Å². The zero-order valence-corrected chi connectivity index (χ0v) is 13.1. The van der Waals surface area contributed by atoms with Crippen molar-refractivity contribution < 1.29 is 8.78 Å². The lowest BCUT2D eigenvalue weighted by Gasteiger charge is -2.16. The summed E-state index contributed by atoms with van der Waals surface area (Å²) in [6.07, 6.45) is 0.692. The van der Waals surface area contributed by atoms with Gasteiger partial charge in [0.2, 0.25) is 0 Å².